The van der Waals surface area contributed by atoms with E-state index < -0.39 is 17.8 Å². The standard InChI is InChI=1S/C21H21N3O5/c1-23(2)14-7-5-13(6-8-14)11-16-19(25)22-21(27)24(20(16)26)17-12-15(28-3)9-10-18(17)29-4/h5-12H,1-4H3,(H,22,25,27)/b16-11+. The number of benzene rings is 2. The fraction of sp³-hybridized carbons (Fsp3) is 0.190. The number of methoxy groups -OCH3 is 2. The lowest BCUT2D eigenvalue weighted by Gasteiger charge is -2.27. The highest BCUT2D eigenvalue weighted by atomic mass is 16.5. The van der Waals surface area contributed by atoms with Crippen LogP contribution in [-0.2, 0) is 9.59 Å². The van der Waals surface area contributed by atoms with Crippen LogP contribution in [0.25, 0.3) is 6.08 Å². The van der Waals surface area contributed by atoms with Crippen LogP contribution in [0.2, 0.25) is 0 Å². The fourth-order valence-corrected chi connectivity index (χ4v) is 2.88. The van der Waals surface area contributed by atoms with Gasteiger partial charge in [0.05, 0.1) is 19.9 Å². The van der Waals surface area contributed by atoms with Gasteiger partial charge in [0.2, 0.25) is 0 Å². The van der Waals surface area contributed by atoms with Gasteiger partial charge in [-0.05, 0) is 35.9 Å². The molecule has 0 saturated carbocycles. The third-order valence-electron chi connectivity index (χ3n) is 4.45. The molecule has 0 spiro atoms. The highest BCUT2D eigenvalue weighted by Crippen LogP contribution is 2.34. The molecule has 0 aliphatic carbocycles. The predicted octanol–water partition coefficient (Wildman–Crippen LogP) is 2.44. The molecule has 0 atom stereocenters. The summed E-state index contributed by atoms with van der Waals surface area (Å²) < 4.78 is 10.5. The Kier molecular flexibility index (Phi) is 5.54. The number of rotatable bonds is 5. The Morgan fingerprint density at radius 2 is 1.66 bits per heavy atom. The van der Waals surface area contributed by atoms with E-state index in [1.807, 2.05) is 31.1 Å². The van der Waals surface area contributed by atoms with Crippen LogP contribution in [0.3, 0.4) is 0 Å². The number of ether oxygens (including phenoxy) is 2. The lowest BCUT2D eigenvalue weighted by molar-refractivity contribution is -0.122. The molecule has 1 fully saturated rings. The molecule has 2 aromatic carbocycles. The van der Waals surface area contributed by atoms with Gasteiger partial charge < -0.3 is 14.4 Å². The van der Waals surface area contributed by atoms with Gasteiger partial charge >= 0.3 is 6.03 Å². The Hall–Kier alpha value is -3.81. The molecule has 4 amide bonds. The minimum Gasteiger partial charge on any atom is -0.497 e. The van der Waals surface area contributed by atoms with Crippen molar-refractivity contribution >= 4 is 35.3 Å². The number of urea groups is 1. The van der Waals surface area contributed by atoms with Gasteiger partial charge in [0.1, 0.15) is 17.1 Å². The van der Waals surface area contributed by atoms with Gasteiger partial charge in [0.25, 0.3) is 11.8 Å². The second kappa shape index (κ2) is 8.05. The minimum absolute atomic E-state index is 0.160. The molecule has 1 heterocycles. The molecule has 8 heteroatoms. The Bertz CT molecular complexity index is 996. The van der Waals surface area contributed by atoms with Gasteiger partial charge in [0, 0.05) is 25.8 Å². The van der Waals surface area contributed by atoms with Crippen molar-refractivity contribution in [2.45, 2.75) is 0 Å². The number of imide groups is 2. The molecule has 0 aromatic heterocycles. The highest BCUT2D eigenvalue weighted by Gasteiger charge is 2.38. The zero-order valence-electron chi connectivity index (χ0n) is 16.6. The normalized spacial score (nSPS) is 15.4. The van der Waals surface area contributed by atoms with E-state index in [1.54, 1.807) is 24.3 Å². The molecular formula is C21H21N3O5. The van der Waals surface area contributed by atoms with Crippen molar-refractivity contribution < 1.29 is 23.9 Å². The van der Waals surface area contributed by atoms with E-state index in [9.17, 15) is 14.4 Å². The van der Waals surface area contributed by atoms with Gasteiger partial charge in [-0.15, -0.1) is 0 Å². The Morgan fingerprint density at radius 3 is 2.24 bits per heavy atom. The topological polar surface area (TPSA) is 88.2 Å². The molecular weight excluding hydrogens is 374 g/mol. The number of hydrogen-bond donors (Lipinski definition) is 1. The minimum atomic E-state index is -0.855. The van der Waals surface area contributed by atoms with Crippen molar-refractivity contribution in [3.8, 4) is 11.5 Å². The summed E-state index contributed by atoms with van der Waals surface area (Å²) >= 11 is 0. The number of anilines is 2. The van der Waals surface area contributed by atoms with Crippen LogP contribution in [0.4, 0.5) is 16.2 Å². The monoisotopic (exact) mass is 395 g/mol. The molecule has 3 rings (SSSR count). The predicted molar refractivity (Wildman–Crippen MR) is 109 cm³/mol. The number of carbonyl (C=O) groups is 3. The first-order chi connectivity index (χ1) is 13.8. The van der Waals surface area contributed by atoms with E-state index in [0.717, 1.165) is 10.6 Å². The van der Waals surface area contributed by atoms with Crippen LogP contribution in [0.15, 0.2) is 48.0 Å². The van der Waals surface area contributed by atoms with Crippen LogP contribution < -0.4 is 24.6 Å². The molecule has 1 aliphatic rings. The maximum absolute atomic E-state index is 13.1. The van der Waals surface area contributed by atoms with Crippen molar-refractivity contribution in [1.29, 1.82) is 0 Å². The number of nitrogens with zero attached hydrogens (tertiary/aromatic N) is 2. The van der Waals surface area contributed by atoms with Crippen LogP contribution in [0.1, 0.15) is 5.56 Å². The first-order valence-electron chi connectivity index (χ1n) is 8.76. The number of hydrogen-bond acceptors (Lipinski definition) is 6. The van der Waals surface area contributed by atoms with Crippen molar-refractivity contribution in [3.05, 3.63) is 53.6 Å². The van der Waals surface area contributed by atoms with Gasteiger partial charge in [-0.2, -0.15) is 0 Å². The summed E-state index contributed by atoms with van der Waals surface area (Å²) in [5, 5.41) is 2.20. The Balaban J connectivity index is 2.02. The summed E-state index contributed by atoms with van der Waals surface area (Å²) in [4.78, 5) is 40.6. The maximum atomic E-state index is 13.1. The molecule has 8 nitrogen and oxygen atoms in total. The summed E-state index contributed by atoms with van der Waals surface area (Å²) in [5.74, 6) is -0.779. The molecule has 1 N–H and O–H groups in total. The molecule has 1 aliphatic heterocycles. The van der Waals surface area contributed by atoms with Crippen LogP contribution >= 0.6 is 0 Å². The SMILES string of the molecule is COc1ccc(OC)c(N2C(=O)NC(=O)/C(=C\c3ccc(N(C)C)cc3)C2=O)c1. The summed E-state index contributed by atoms with van der Waals surface area (Å²) in [6.07, 6.45) is 1.45. The number of barbiturate groups is 1. The average Bonchev–Trinajstić information content (AvgIpc) is 2.71. The van der Waals surface area contributed by atoms with Gasteiger partial charge in [-0.3, -0.25) is 14.9 Å². The number of amides is 4. The molecule has 150 valence electrons. The Labute approximate surface area is 168 Å². The van der Waals surface area contributed by atoms with Crippen molar-refractivity contribution in [2.24, 2.45) is 0 Å². The molecule has 1 saturated heterocycles. The quantitative estimate of drug-likeness (QED) is 0.618. The first-order valence-corrected chi connectivity index (χ1v) is 8.76. The van der Waals surface area contributed by atoms with E-state index >= 15 is 0 Å². The second-order valence-corrected chi connectivity index (χ2v) is 6.48. The van der Waals surface area contributed by atoms with Gasteiger partial charge in [-0.25, -0.2) is 9.69 Å². The van der Waals surface area contributed by atoms with Crippen molar-refractivity contribution in [1.82, 2.24) is 5.32 Å². The molecule has 0 radical (unpaired) electrons. The second-order valence-electron chi connectivity index (χ2n) is 6.48. The van der Waals surface area contributed by atoms with E-state index in [-0.39, 0.29) is 11.3 Å². The molecule has 0 unspecified atom stereocenters. The van der Waals surface area contributed by atoms with Gasteiger partial charge in [-0.1, -0.05) is 12.1 Å². The highest BCUT2D eigenvalue weighted by molar-refractivity contribution is 6.39. The summed E-state index contributed by atoms with van der Waals surface area (Å²) in [6.45, 7) is 0. The lowest BCUT2D eigenvalue weighted by Crippen LogP contribution is -2.54. The zero-order chi connectivity index (χ0) is 21.1. The third kappa shape index (κ3) is 3.91. The number of nitrogens with one attached hydrogen (secondary N) is 1. The van der Waals surface area contributed by atoms with E-state index in [0.29, 0.717) is 17.1 Å². The Morgan fingerprint density at radius 1 is 0.966 bits per heavy atom. The maximum Gasteiger partial charge on any atom is 0.336 e. The third-order valence-corrected chi connectivity index (χ3v) is 4.45. The first kappa shape index (κ1) is 19.9. The van der Waals surface area contributed by atoms with Crippen LogP contribution in [-0.4, -0.2) is 46.2 Å². The molecule has 29 heavy (non-hydrogen) atoms. The average molecular weight is 395 g/mol. The number of carbonyl (C=O) groups excluding carboxylic acids is 3. The zero-order valence-corrected chi connectivity index (χ0v) is 16.6. The van der Waals surface area contributed by atoms with Crippen LogP contribution in [0, 0.1) is 0 Å². The smallest absolute Gasteiger partial charge is 0.336 e. The van der Waals surface area contributed by atoms with Crippen LogP contribution in [0.5, 0.6) is 11.5 Å². The molecule has 2 aromatic rings. The van der Waals surface area contributed by atoms with Crippen molar-refractivity contribution in [2.75, 3.05) is 38.1 Å². The van der Waals surface area contributed by atoms with E-state index in [2.05, 4.69) is 5.32 Å². The van der Waals surface area contributed by atoms with E-state index in [4.69, 9.17) is 9.47 Å². The fourth-order valence-electron chi connectivity index (χ4n) is 2.88. The van der Waals surface area contributed by atoms with Gasteiger partial charge in [0.15, 0.2) is 0 Å². The summed E-state index contributed by atoms with van der Waals surface area (Å²) in [7, 11) is 6.72. The molecule has 0 bridgehead atoms. The van der Waals surface area contributed by atoms with E-state index in [1.165, 1.54) is 26.4 Å². The summed E-state index contributed by atoms with van der Waals surface area (Å²) in [5.41, 5.74) is 1.65. The summed E-state index contributed by atoms with van der Waals surface area (Å²) in [6, 6.07) is 11.2. The van der Waals surface area contributed by atoms with Crippen molar-refractivity contribution in [3.63, 3.8) is 0 Å². The largest absolute Gasteiger partial charge is 0.497 e. The lowest BCUT2D eigenvalue weighted by atomic mass is 10.1.